The summed E-state index contributed by atoms with van der Waals surface area (Å²) in [6.07, 6.45) is 0. The minimum atomic E-state index is -0.0678. The number of carbonyl (C=O) groups excluding carboxylic acids is 1. The van der Waals surface area contributed by atoms with Crippen LogP contribution in [-0.2, 0) is 0 Å². The van der Waals surface area contributed by atoms with E-state index in [-0.39, 0.29) is 5.91 Å². The van der Waals surface area contributed by atoms with E-state index in [0.717, 1.165) is 20.3 Å². The summed E-state index contributed by atoms with van der Waals surface area (Å²) in [4.78, 5) is 14.8. The van der Waals surface area contributed by atoms with Gasteiger partial charge in [0.15, 0.2) is 0 Å². The van der Waals surface area contributed by atoms with Crippen LogP contribution >= 0.6 is 31.9 Å². The average molecular weight is 431 g/mol. The molecular formula is C19H13Br2NO. The van der Waals surface area contributed by atoms with E-state index in [1.807, 2.05) is 78.9 Å². The van der Waals surface area contributed by atoms with E-state index in [0.29, 0.717) is 5.56 Å². The molecule has 0 spiro atoms. The van der Waals surface area contributed by atoms with Crippen molar-refractivity contribution in [3.05, 3.63) is 93.4 Å². The molecule has 4 heteroatoms. The van der Waals surface area contributed by atoms with Crippen LogP contribution in [0.5, 0.6) is 0 Å². The van der Waals surface area contributed by atoms with Crippen LogP contribution < -0.4 is 4.90 Å². The van der Waals surface area contributed by atoms with Crippen LogP contribution in [0, 0.1) is 0 Å². The summed E-state index contributed by atoms with van der Waals surface area (Å²) in [5.74, 6) is -0.0678. The fraction of sp³-hybridized carbons (Fsp3) is 0. The van der Waals surface area contributed by atoms with E-state index >= 15 is 0 Å². The lowest BCUT2D eigenvalue weighted by molar-refractivity contribution is 0.0999. The van der Waals surface area contributed by atoms with E-state index in [1.165, 1.54) is 0 Å². The highest BCUT2D eigenvalue weighted by atomic mass is 79.9. The van der Waals surface area contributed by atoms with E-state index < -0.39 is 0 Å². The molecule has 0 aliphatic rings. The van der Waals surface area contributed by atoms with Crippen molar-refractivity contribution in [2.45, 2.75) is 0 Å². The lowest BCUT2D eigenvalue weighted by Crippen LogP contribution is -2.25. The Balaban J connectivity index is 2.12. The maximum atomic E-state index is 13.1. The molecule has 0 N–H and O–H groups in total. The van der Waals surface area contributed by atoms with Gasteiger partial charge in [0, 0.05) is 14.5 Å². The van der Waals surface area contributed by atoms with Crippen LogP contribution in [0.25, 0.3) is 0 Å². The molecule has 0 aromatic heterocycles. The zero-order valence-electron chi connectivity index (χ0n) is 12.1. The molecule has 0 unspecified atom stereocenters. The summed E-state index contributed by atoms with van der Waals surface area (Å²) in [6.45, 7) is 0. The Morgan fingerprint density at radius 1 is 0.696 bits per heavy atom. The minimum Gasteiger partial charge on any atom is -0.277 e. The van der Waals surface area contributed by atoms with Gasteiger partial charge >= 0.3 is 0 Å². The predicted octanol–water partition coefficient (Wildman–Crippen LogP) is 6.19. The van der Waals surface area contributed by atoms with Gasteiger partial charge in [-0.15, -0.1) is 0 Å². The smallest absolute Gasteiger partial charge is 0.262 e. The first-order valence-corrected chi connectivity index (χ1v) is 8.64. The molecule has 2 nitrogen and oxygen atoms in total. The van der Waals surface area contributed by atoms with Crippen LogP contribution in [0.15, 0.2) is 87.8 Å². The second-order valence-corrected chi connectivity index (χ2v) is 6.80. The number of hydrogen-bond donors (Lipinski definition) is 0. The quantitative estimate of drug-likeness (QED) is 0.485. The second-order valence-electron chi connectivity index (χ2n) is 4.97. The molecule has 0 heterocycles. The van der Waals surface area contributed by atoms with E-state index in [1.54, 1.807) is 4.90 Å². The third kappa shape index (κ3) is 3.71. The molecule has 0 saturated carbocycles. The molecule has 0 bridgehead atoms. The highest BCUT2D eigenvalue weighted by Crippen LogP contribution is 2.31. The van der Waals surface area contributed by atoms with Gasteiger partial charge in [-0.2, -0.15) is 0 Å². The molecule has 3 aromatic rings. The summed E-state index contributed by atoms with van der Waals surface area (Å²) < 4.78 is 1.85. The van der Waals surface area contributed by atoms with Crippen LogP contribution in [0.4, 0.5) is 11.4 Å². The monoisotopic (exact) mass is 429 g/mol. The molecule has 1 amide bonds. The molecule has 0 saturated heterocycles. The Hall–Kier alpha value is -1.91. The number of amides is 1. The first-order valence-electron chi connectivity index (χ1n) is 7.06. The first-order chi connectivity index (χ1) is 11.1. The van der Waals surface area contributed by atoms with Crippen LogP contribution in [0.2, 0.25) is 0 Å². The maximum absolute atomic E-state index is 13.1. The number of nitrogens with zero attached hydrogens (tertiary/aromatic N) is 1. The van der Waals surface area contributed by atoms with Crippen LogP contribution in [-0.4, -0.2) is 5.91 Å². The van der Waals surface area contributed by atoms with Crippen LogP contribution in [0.1, 0.15) is 10.4 Å². The number of anilines is 2. The Morgan fingerprint density at radius 2 is 1.22 bits per heavy atom. The van der Waals surface area contributed by atoms with Crippen molar-refractivity contribution in [3.63, 3.8) is 0 Å². The fourth-order valence-electron chi connectivity index (χ4n) is 2.32. The number of rotatable bonds is 3. The number of carbonyl (C=O) groups is 1. The van der Waals surface area contributed by atoms with Gasteiger partial charge in [0.1, 0.15) is 0 Å². The summed E-state index contributed by atoms with van der Waals surface area (Å²) in [6, 6.07) is 24.7. The van der Waals surface area contributed by atoms with Crippen molar-refractivity contribution in [2.24, 2.45) is 0 Å². The van der Waals surface area contributed by atoms with Crippen molar-refractivity contribution in [1.82, 2.24) is 0 Å². The third-order valence-corrected chi connectivity index (χ3v) is 4.34. The highest BCUT2D eigenvalue weighted by Gasteiger charge is 2.20. The van der Waals surface area contributed by atoms with Crippen LogP contribution in [0.3, 0.4) is 0 Å². The van der Waals surface area contributed by atoms with Gasteiger partial charge in [0.05, 0.1) is 11.4 Å². The largest absolute Gasteiger partial charge is 0.277 e. The zero-order valence-corrected chi connectivity index (χ0v) is 15.3. The van der Waals surface area contributed by atoms with Gasteiger partial charge in [-0.3, -0.25) is 9.69 Å². The standard InChI is InChI=1S/C19H13Br2NO/c20-15-8-4-10-17(12-15)22(18-11-5-9-16(21)13-18)19(23)14-6-2-1-3-7-14/h1-13H. The summed E-state index contributed by atoms with van der Waals surface area (Å²) in [5, 5.41) is 0. The van der Waals surface area contributed by atoms with Crippen molar-refractivity contribution < 1.29 is 4.79 Å². The SMILES string of the molecule is O=C(c1ccccc1)N(c1cccc(Br)c1)c1cccc(Br)c1. The number of halogens is 2. The summed E-state index contributed by atoms with van der Waals surface area (Å²) in [7, 11) is 0. The molecule has 3 aromatic carbocycles. The van der Waals surface area contributed by atoms with Gasteiger partial charge < -0.3 is 0 Å². The summed E-state index contributed by atoms with van der Waals surface area (Å²) >= 11 is 6.95. The van der Waals surface area contributed by atoms with E-state index in [9.17, 15) is 4.79 Å². The van der Waals surface area contributed by atoms with Gasteiger partial charge in [0.25, 0.3) is 5.91 Å². The van der Waals surface area contributed by atoms with Crippen molar-refractivity contribution in [3.8, 4) is 0 Å². The zero-order chi connectivity index (χ0) is 16.2. The van der Waals surface area contributed by atoms with Gasteiger partial charge in [-0.25, -0.2) is 0 Å². The second kappa shape index (κ2) is 7.11. The van der Waals surface area contributed by atoms with E-state index in [2.05, 4.69) is 31.9 Å². The molecule has 0 fully saturated rings. The number of benzene rings is 3. The molecular weight excluding hydrogens is 418 g/mol. The topological polar surface area (TPSA) is 20.3 Å². The predicted molar refractivity (Wildman–Crippen MR) is 101 cm³/mol. The van der Waals surface area contributed by atoms with Crippen molar-refractivity contribution in [1.29, 1.82) is 0 Å². The minimum absolute atomic E-state index is 0.0678. The van der Waals surface area contributed by atoms with Gasteiger partial charge in [0.2, 0.25) is 0 Å². The van der Waals surface area contributed by atoms with Gasteiger partial charge in [-0.05, 0) is 48.5 Å². The maximum Gasteiger partial charge on any atom is 0.262 e. The molecule has 114 valence electrons. The van der Waals surface area contributed by atoms with Crippen molar-refractivity contribution >= 4 is 49.1 Å². The molecule has 23 heavy (non-hydrogen) atoms. The Bertz CT molecular complexity index is 788. The first kappa shape index (κ1) is 16.0. The Morgan fingerprint density at radius 3 is 1.70 bits per heavy atom. The summed E-state index contributed by atoms with van der Waals surface area (Å²) in [5.41, 5.74) is 2.27. The van der Waals surface area contributed by atoms with Gasteiger partial charge in [-0.1, -0.05) is 62.2 Å². The molecule has 0 radical (unpaired) electrons. The lowest BCUT2D eigenvalue weighted by Gasteiger charge is -2.23. The normalized spacial score (nSPS) is 10.3. The Kier molecular flexibility index (Phi) is 4.94. The number of hydrogen-bond acceptors (Lipinski definition) is 1. The van der Waals surface area contributed by atoms with E-state index in [4.69, 9.17) is 0 Å². The molecule has 3 rings (SSSR count). The molecule has 0 aliphatic carbocycles. The molecule has 0 atom stereocenters. The van der Waals surface area contributed by atoms with Crippen molar-refractivity contribution in [2.75, 3.05) is 4.90 Å². The lowest BCUT2D eigenvalue weighted by atomic mass is 10.1. The Labute approximate surface area is 152 Å². The fourth-order valence-corrected chi connectivity index (χ4v) is 3.10. The highest BCUT2D eigenvalue weighted by molar-refractivity contribution is 9.10. The average Bonchev–Trinajstić information content (AvgIpc) is 2.56. The third-order valence-electron chi connectivity index (χ3n) is 3.36. The molecule has 0 aliphatic heterocycles.